The van der Waals surface area contributed by atoms with Gasteiger partial charge in [-0.1, -0.05) is 15.9 Å². The summed E-state index contributed by atoms with van der Waals surface area (Å²) in [5, 5.41) is 0.0103. The van der Waals surface area contributed by atoms with Gasteiger partial charge in [-0.25, -0.2) is 0 Å². The summed E-state index contributed by atoms with van der Waals surface area (Å²) in [6, 6.07) is 4.27. The van der Waals surface area contributed by atoms with Gasteiger partial charge in [0.15, 0.2) is 0 Å². The van der Waals surface area contributed by atoms with E-state index in [1.54, 1.807) is 7.11 Å². The van der Waals surface area contributed by atoms with E-state index in [4.69, 9.17) is 21.1 Å². The molecule has 0 bridgehead atoms. The van der Waals surface area contributed by atoms with Crippen LogP contribution in [0.25, 0.3) is 0 Å². The van der Waals surface area contributed by atoms with Crippen LogP contribution in [0, 0.1) is 0 Å². The van der Waals surface area contributed by atoms with Gasteiger partial charge in [0.2, 0.25) is 0 Å². The van der Waals surface area contributed by atoms with Crippen molar-refractivity contribution in [3.8, 4) is 5.75 Å². The minimum absolute atomic E-state index is 0.0103. The van der Waals surface area contributed by atoms with Gasteiger partial charge in [0.1, 0.15) is 5.75 Å². The molecule has 1 heterocycles. The number of hydrogen-bond donors (Lipinski definition) is 0. The second-order valence-electron chi connectivity index (χ2n) is 4.90. The van der Waals surface area contributed by atoms with Crippen LogP contribution in [0.5, 0.6) is 5.75 Å². The number of ether oxygens (including phenoxy) is 2. The molecule has 106 valence electrons. The van der Waals surface area contributed by atoms with Crippen LogP contribution in [-0.4, -0.2) is 44.2 Å². The van der Waals surface area contributed by atoms with Crippen molar-refractivity contribution in [2.24, 2.45) is 0 Å². The van der Waals surface area contributed by atoms with E-state index < -0.39 is 0 Å². The van der Waals surface area contributed by atoms with E-state index in [0.29, 0.717) is 6.61 Å². The standard InChI is InChI=1S/C14H19BrClNO2/c1-17(8-13(16)9-18-2)7-11-6-12(15)5-10-3-4-19-14(10)11/h5-6,13H,3-4,7-9H2,1-2H3. The Bertz CT molecular complexity index is 442. The highest BCUT2D eigenvalue weighted by atomic mass is 79.9. The molecule has 0 spiro atoms. The molecule has 0 saturated carbocycles. The van der Waals surface area contributed by atoms with Crippen LogP contribution in [0.15, 0.2) is 16.6 Å². The van der Waals surface area contributed by atoms with Crippen LogP contribution in [0.1, 0.15) is 11.1 Å². The molecular weight excluding hydrogens is 330 g/mol. The van der Waals surface area contributed by atoms with Crippen LogP contribution >= 0.6 is 27.5 Å². The molecule has 0 N–H and O–H groups in total. The van der Waals surface area contributed by atoms with Gasteiger partial charge in [-0.15, -0.1) is 11.6 Å². The van der Waals surface area contributed by atoms with Gasteiger partial charge in [-0.05, 0) is 24.7 Å². The number of fused-ring (bicyclic) bond motifs is 1. The van der Waals surface area contributed by atoms with Gasteiger partial charge < -0.3 is 14.4 Å². The van der Waals surface area contributed by atoms with Gasteiger partial charge in [0.05, 0.1) is 18.6 Å². The number of methoxy groups -OCH3 is 1. The quantitative estimate of drug-likeness (QED) is 0.738. The molecule has 0 radical (unpaired) electrons. The molecule has 0 aliphatic carbocycles. The van der Waals surface area contributed by atoms with E-state index in [1.807, 2.05) is 0 Å². The Labute approximate surface area is 128 Å². The molecule has 5 heteroatoms. The average molecular weight is 349 g/mol. The minimum Gasteiger partial charge on any atom is -0.493 e. The van der Waals surface area contributed by atoms with E-state index in [0.717, 1.165) is 36.3 Å². The third-order valence-electron chi connectivity index (χ3n) is 3.12. The fraction of sp³-hybridized carbons (Fsp3) is 0.571. The summed E-state index contributed by atoms with van der Waals surface area (Å²) in [5.41, 5.74) is 2.50. The first-order chi connectivity index (χ1) is 9.10. The molecule has 2 rings (SSSR count). The lowest BCUT2D eigenvalue weighted by atomic mass is 10.1. The summed E-state index contributed by atoms with van der Waals surface area (Å²) in [5.74, 6) is 1.05. The van der Waals surface area contributed by atoms with Crippen LogP contribution in [0.2, 0.25) is 0 Å². The normalized spacial score (nSPS) is 15.4. The number of rotatable bonds is 6. The fourth-order valence-corrected chi connectivity index (χ4v) is 3.30. The molecule has 1 atom stereocenters. The smallest absolute Gasteiger partial charge is 0.127 e. The third-order valence-corrected chi connectivity index (χ3v) is 3.84. The molecule has 0 amide bonds. The van der Waals surface area contributed by atoms with Gasteiger partial charge >= 0.3 is 0 Å². The zero-order valence-corrected chi connectivity index (χ0v) is 13.6. The van der Waals surface area contributed by atoms with E-state index in [1.165, 1.54) is 11.1 Å². The first kappa shape index (κ1) is 15.1. The van der Waals surface area contributed by atoms with Gasteiger partial charge in [0.25, 0.3) is 0 Å². The van der Waals surface area contributed by atoms with E-state index in [-0.39, 0.29) is 5.38 Å². The Hall–Kier alpha value is -0.290. The Kier molecular flexibility index (Phi) is 5.51. The Morgan fingerprint density at radius 3 is 3.05 bits per heavy atom. The van der Waals surface area contributed by atoms with Crippen LogP contribution in [0.3, 0.4) is 0 Å². The molecule has 0 fully saturated rings. The summed E-state index contributed by atoms with van der Waals surface area (Å²) in [6.45, 7) is 2.97. The average Bonchev–Trinajstić information content (AvgIpc) is 2.76. The summed E-state index contributed by atoms with van der Waals surface area (Å²) in [7, 11) is 3.73. The molecule has 1 aliphatic rings. The monoisotopic (exact) mass is 347 g/mol. The largest absolute Gasteiger partial charge is 0.493 e. The van der Waals surface area contributed by atoms with Crippen molar-refractivity contribution < 1.29 is 9.47 Å². The highest BCUT2D eigenvalue weighted by Crippen LogP contribution is 2.33. The van der Waals surface area contributed by atoms with Crippen molar-refractivity contribution in [2.45, 2.75) is 18.3 Å². The van der Waals surface area contributed by atoms with Crippen LogP contribution < -0.4 is 4.74 Å². The van der Waals surface area contributed by atoms with Crippen molar-refractivity contribution in [3.05, 3.63) is 27.7 Å². The predicted molar refractivity (Wildman–Crippen MR) is 81.2 cm³/mol. The van der Waals surface area contributed by atoms with Gasteiger partial charge in [-0.2, -0.15) is 0 Å². The summed E-state index contributed by atoms with van der Waals surface area (Å²) in [6.07, 6.45) is 0.993. The zero-order chi connectivity index (χ0) is 13.8. The van der Waals surface area contributed by atoms with E-state index in [9.17, 15) is 0 Å². The Balaban J connectivity index is 2.03. The number of nitrogens with zero attached hydrogens (tertiary/aromatic N) is 1. The molecule has 1 aromatic rings. The lowest BCUT2D eigenvalue weighted by molar-refractivity contribution is 0.181. The molecule has 1 aromatic carbocycles. The maximum atomic E-state index is 6.18. The summed E-state index contributed by atoms with van der Waals surface area (Å²) in [4.78, 5) is 2.19. The Morgan fingerprint density at radius 1 is 1.53 bits per heavy atom. The lowest BCUT2D eigenvalue weighted by Crippen LogP contribution is -2.28. The van der Waals surface area contributed by atoms with Crippen molar-refractivity contribution in [3.63, 3.8) is 0 Å². The van der Waals surface area contributed by atoms with E-state index >= 15 is 0 Å². The zero-order valence-electron chi connectivity index (χ0n) is 11.3. The fourth-order valence-electron chi connectivity index (χ4n) is 2.39. The topological polar surface area (TPSA) is 21.7 Å². The second-order valence-corrected chi connectivity index (χ2v) is 6.43. The highest BCUT2D eigenvalue weighted by molar-refractivity contribution is 9.10. The molecule has 1 aliphatic heterocycles. The number of hydrogen-bond acceptors (Lipinski definition) is 3. The minimum atomic E-state index is 0.0103. The first-order valence-corrected chi connectivity index (χ1v) is 7.58. The maximum Gasteiger partial charge on any atom is 0.127 e. The molecular formula is C14H19BrClNO2. The van der Waals surface area contributed by atoms with Crippen molar-refractivity contribution in [1.82, 2.24) is 4.90 Å². The molecule has 3 nitrogen and oxygen atoms in total. The number of alkyl halides is 1. The molecule has 1 unspecified atom stereocenters. The Morgan fingerprint density at radius 2 is 2.32 bits per heavy atom. The molecule has 0 aromatic heterocycles. The van der Waals surface area contributed by atoms with Crippen LogP contribution in [-0.2, 0) is 17.7 Å². The lowest BCUT2D eigenvalue weighted by Gasteiger charge is -2.21. The van der Waals surface area contributed by atoms with Crippen molar-refractivity contribution in [1.29, 1.82) is 0 Å². The molecule has 19 heavy (non-hydrogen) atoms. The predicted octanol–water partition coefficient (Wildman–Crippen LogP) is 3.07. The van der Waals surface area contributed by atoms with Crippen molar-refractivity contribution >= 4 is 27.5 Å². The highest BCUT2D eigenvalue weighted by Gasteiger charge is 2.19. The van der Waals surface area contributed by atoms with Crippen molar-refractivity contribution in [2.75, 3.05) is 33.9 Å². The van der Waals surface area contributed by atoms with Gasteiger partial charge in [-0.3, -0.25) is 0 Å². The maximum absolute atomic E-state index is 6.18. The molecule has 0 saturated heterocycles. The SMILES string of the molecule is COCC(Cl)CN(C)Cc1cc(Br)cc2c1OCC2. The second kappa shape index (κ2) is 6.93. The summed E-state index contributed by atoms with van der Waals surface area (Å²) >= 11 is 9.74. The van der Waals surface area contributed by atoms with Crippen LogP contribution in [0.4, 0.5) is 0 Å². The summed E-state index contributed by atoms with van der Waals surface area (Å²) < 4.78 is 11.9. The number of benzene rings is 1. The van der Waals surface area contributed by atoms with E-state index in [2.05, 4.69) is 40.0 Å². The first-order valence-electron chi connectivity index (χ1n) is 6.35. The third kappa shape index (κ3) is 4.09. The van der Waals surface area contributed by atoms with Gasteiger partial charge in [0, 0.05) is 36.7 Å². The number of halogens is 2.